The first-order chi connectivity index (χ1) is 12.3. The molecule has 1 saturated heterocycles. The molecule has 1 heterocycles. The van der Waals surface area contributed by atoms with Gasteiger partial charge in [0.2, 0.25) is 0 Å². The third kappa shape index (κ3) is 3.45. The molecule has 1 aliphatic rings. The molecule has 0 bridgehead atoms. The van der Waals surface area contributed by atoms with Crippen molar-refractivity contribution in [1.82, 2.24) is 4.90 Å². The summed E-state index contributed by atoms with van der Waals surface area (Å²) in [5.74, 6) is -0.153. The highest BCUT2D eigenvalue weighted by molar-refractivity contribution is 7.87. The molecule has 3 rings (SSSR count). The maximum atomic E-state index is 12.4. The molecule has 1 aliphatic heterocycles. The fourth-order valence-electron chi connectivity index (χ4n) is 2.50. The van der Waals surface area contributed by atoms with E-state index in [0.29, 0.717) is 18.8 Å². The second-order valence-corrected chi connectivity index (χ2v) is 7.19. The van der Waals surface area contributed by atoms with Crippen LogP contribution in [0.1, 0.15) is 0 Å². The van der Waals surface area contributed by atoms with Crippen LogP contribution in [0.25, 0.3) is 0 Å². The predicted octanol–water partition coefficient (Wildman–Crippen LogP) is 2.23. The fourth-order valence-corrected chi connectivity index (χ4v) is 3.43. The molecular weight excluding hydrogens is 362 g/mol. The molecule has 2 aromatic carbocycles. The van der Waals surface area contributed by atoms with Crippen LogP contribution in [0.15, 0.2) is 53.4 Å². The van der Waals surface area contributed by atoms with E-state index in [9.17, 15) is 23.3 Å². The number of non-ortho nitro benzene ring substituents is 1. The van der Waals surface area contributed by atoms with E-state index in [4.69, 9.17) is 4.18 Å². The highest BCUT2D eigenvalue weighted by Crippen LogP contribution is 2.25. The third-order valence-corrected chi connectivity index (χ3v) is 5.15. The molecule has 0 aromatic heterocycles. The molecule has 0 N–H and O–H groups in total. The van der Waals surface area contributed by atoms with Crippen LogP contribution in [0, 0.1) is 10.1 Å². The molecule has 1 fully saturated rings. The topological polar surface area (TPSA) is 110 Å². The standard InChI is InChI=1S/C16H15N3O6S/c1-17-9-10-18(16(17)20)12-5-7-15(8-6-12)26(23,24)25-14-4-2-3-13(11-14)19(21)22/h2-8,11H,9-10H2,1H3. The lowest BCUT2D eigenvalue weighted by Crippen LogP contribution is -2.29. The quantitative estimate of drug-likeness (QED) is 0.449. The monoisotopic (exact) mass is 377 g/mol. The van der Waals surface area contributed by atoms with Gasteiger partial charge in [0.25, 0.3) is 5.69 Å². The maximum Gasteiger partial charge on any atom is 0.339 e. The number of hydrogen-bond donors (Lipinski definition) is 0. The van der Waals surface area contributed by atoms with Gasteiger partial charge in [-0.15, -0.1) is 0 Å². The molecule has 2 amide bonds. The molecule has 26 heavy (non-hydrogen) atoms. The lowest BCUT2D eigenvalue weighted by atomic mass is 10.3. The highest BCUT2D eigenvalue weighted by Gasteiger charge is 2.27. The fraction of sp³-hybridized carbons (Fsp3) is 0.188. The van der Waals surface area contributed by atoms with Crippen LogP contribution in [-0.2, 0) is 10.1 Å². The summed E-state index contributed by atoms with van der Waals surface area (Å²) in [6.07, 6.45) is 0. The number of carbonyl (C=O) groups is 1. The van der Waals surface area contributed by atoms with Crippen LogP contribution in [0.4, 0.5) is 16.2 Å². The number of urea groups is 1. The van der Waals surface area contributed by atoms with Crippen molar-refractivity contribution in [3.8, 4) is 5.75 Å². The summed E-state index contributed by atoms with van der Waals surface area (Å²) in [4.78, 5) is 25.1. The van der Waals surface area contributed by atoms with Crippen LogP contribution in [0.2, 0.25) is 0 Å². The van der Waals surface area contributed by atoms with E-state index in [2.05, 4.69) is 0 Å². The Morgan fingerprint density at radius 1 is 1.12 bits per heavy atom. The molecule has 0 radical (unpaired) electrons. The summed E-state index contributed by atoms with van der Waals surface area (Å²) in [6.45, 7) is 1.11. The van der Waals surface area contributed by atoms with Crippen LogP contribution >= 0.6 is 0 Å². The second-order valence-electron chi connectivity index (χ2n) is 5.64. The largest absolute Gasteiger partial charge is 0.379 e. The molecule has 136 valence electrons. The number of likely N-dealkylation sites (N-methyl/N-ethyl adjacent to an activating group) is 1. The summed E-state index contributed by atoms with van der Waals surface area (Å²) >= 11 is 0. The Balaban J connectivity index is 1.81. The zero-order valence-electron chi connectivity index (χ0n) is 13.7. The smallest absolute Gasteiger partial charge is 0.339 e. The summed E-state index contributed by atoms with van der Waals surface area (Å²) < 4.78 is 29.7. The zero-order chi connectivity index (χ0) is 18.9. The van der Waals surface area contributed by atoms with E-state index in [1.807, 2.05) is 0 Å². The van der Waals surface area contributed by atoms with E-state index in [1.165, 1.54) is 47.4 Å². The molecule has 0 unspecified atom stereocenters. The van der Waals surface area contributed by atoms with Crippen molar-refractivity contribution in [2.24, 2.45) is 0 Å². The van der Waals surface area contributed by atoms with Gasteiger partial charge in [-0.3, -0.25) is 15.0 Å². The first kappa shape index (κ1) is 17.7. The minimum absolute atomic E-state index is 0.118. The predicted molar refractivity (Wildman–Crippen MR) is 92.7 cm³/mol. The summed E-state index contributed by atoms with van der Waals surface area (Å²) in [5.41, 5.74) is 0.304. The van der Waals surface area contributed by atoms with Gasteiger partial charge >= 0.3 is 16.1 Å². The van der Waals surface area contributed by atoms with Crippen molar-refractivity contribution in [3.63, 3.8) is 0 Å². The third-order valence-electron chi connectivity index (χ3n) is 3.89. The number of nitrogens with zero attached hydrogens (tertiary/aromatic N) is 3. The van der Waals surface area contributed by atoms with Gasteiger partial charge in [0, 0.05) is 31.9 Å². The number of rotatable bonds is 5. The van der Waals surface area contributed by atoms with Gasteiger partial charge in [0.15, 0.2) is 0 Å². The van der Waals surface area contributed by atoms with Crippen molar-refractivity contribution >= 4 is 27.5 Å². The summed E-state index contributed by atoms with van der Waals surface area (Å²) in [6, 6.07) is 10.4. The van der Waals surface area contributed by atoms with Crippen LogP contribution < -0.4 is 9.08 Å². The Hall–Kier alpha value is -3.14. The number of nitro groups is 1. The van der Waals surface area contributed by atoms with Crippen molar-refractivity contribution in [3.05, 3.63) is 58.6 Å². The molecular formula is C16H15N3O6S. The second kappa shape index (κ2) is 6.64. The normalized spacial score (nSPS) is 14.6. The Morgan fingerprint density at radius 3 is 2.38 bits per heavy atom. The molecule has 9 nitrogen and oxygen atoms in total. The number of nitro benzene ring substituents is 1. The van der Waals surface area contributed by atoms with Crippen molar-refractivity contribution in [2.45, 2.75) is 4.90 Å². The van der Waals surface area contributed by atoms with E-state index >= 15 is 0 Å². The Labute approximate surface area is 149 Å². The Kier molecular flexibility index (Phi) is 4.51. The number of carbonyl (C=O) groups excluding carboxylic acids is 1. The van der Waals surface area contributed by atoms with Crippen LogP contribution in [0.3, 0.4) is 0 Å². The average molecular weight is 377 g/mol. The first-order valence-electron chi connectivity index (χ1n) is 7.59. The van der Waals surface area contributed by atoms with E-state index in [1.54, 1.807) is 11.9 Å². The van der Waals surface area contributed by atoms with Gasteiger partial charge in [-0.2, -0.15) is 8.42 Å². The molecule has 0 atom stereocenters. The summed E-state index contributed by atoms with van der Waals surface area (Å²) in [7, 11) is -2.47. The zero-order valence-corrected chi connectivity index (χ0v) is 14.5. The number of anilines is 1. The lowest BCUT2D eigenvalue weighted by molar-refractivity contribution is -0.384. The van der Waals surface area contributed by atoms with Gasteiger partial charge in [-0.05, 0) is 30.3 Å². The van der Waals surface area contributed by atoms with Crippen molar-refractivity contribution < 1.29 is 22.3 Å². The van der Waals surface area contributed by atoms with E-state index < -0.39 is 15.0 Å². The Bertz CT molecular complexity index is 958. The van der Waals surface area contributed by atoms with Crippen LogP contribution in [0.5, 0.6) is 5.75 Å². The minimum atomic E-state index is -4.16. The highest BCUT2D eigenvalue weighted by atomic mass is 32.2. The van der Waals surface area contributed by atoms with Gasteiger partial charge in [0.05, 0.1) is 11.0 Å². The van der Waals surface area contributed by atoms with Crippen molar-refractivity contribution in [1.29, 1.82) is 0 Å². The maximum absolute atomic E-state index is 12.4. The van der Waals surface area contributed by atoms with E-state index in [-0.39, 0.29) is 22.4 Å². The van der Waals surface area contributed by atoms with Crippen molar-refractivity contribution in [2.75, 3.05) is 25.0 Å². The number of hydrogen-bond acceptors (Lipinski definition) is 6. The first-order valence-corrected chi connectivity index (χ1v) is 9.00. The number of amides is 2. The summed E-state index contributed by atoms with van der Waals surface area (Å²) in [5, 5.41) is 10.8. The molecule has 0 spiro atoms. The van der Waals surface area contributed by atoms with Gasteiger partial charge in [-0.25, -0.2) is 4.79 Å². The number of benzene rings is 2. The Morgan fingerprint density at radius 2 is 1.81 bits per heavy atom. The van der Waals surface area contributed by atoms with Crippen LogP contribution in [-0.4, -0.2) is 44.4 Å². The molecule has 0 aliphatic carbocycles. The van der Waals surface area contributed by atoms with Gasteiger partial charge < -0.3 is 9.08 Å². The minimum Gasteiger partial charge on any atom is -0.379 e. The SMILES string of the molecule is CN1CCN(c2ccc(S(=O)(=O)Oc3cccc([N+](=O)[O-])c3)cc2)C1=O. The van der Waals surface area contributed by atoms with E-state index in [0.717, 1.165) is 6.07 Å². The molecule has 2 aromatic rings. The molecule has 10 heteroatoms. The average Bonchev–Trinajstić information content (AvgIpc) is 2.94. The van der Waals surface area contributed by atoms with Gasteiger partial charge in [0.1, 0.15) is 10.6 Å². The van der Waals surface area contributed by atoms with Gasteiger partial charge in [-0.1, -0.05) is 6.07 Å². The lowest BCUT2D eigenvalue weighted by Gasteiger charge is -2.16. The molecule has 0 saturated carbocycles.